The van der Waals surface area contributed by atoms with Gasteiger partial charge in [-0.05, 0) is 49.1 Å². The SMILES string of the molecule is CSc1cccc(NC(=O)Nc2ccc(C)cc2F)c1. The van der Waals surface area contributed by atoms with Gasteiger partial charge in [-0.25, -0.2) is 9.18 Å². The van der Waals surface area contributed by atoms with Crippen molar-refractivity contribution in [1.82, 2.24) is 0 Å². The van der Waals surface area contributed by atoms with Gasteiger partial charge in [-0.2, -0.15) is 0 Å². The molecule has 0 aliphatic rings. The van der Waals surface area contributed by atoms with E-state index >= 15 is 0 Å². The number of hydrogen-bond donors (Lipinski definition) is 2. The molecule has 0 radical (unpaired) electrons. The van der Waals surface area contributed by atoms with Gasteiger partial charge < -0.3 is 10.6 Å². The van der Waals surface area contributed by atoms with E-state index in [-0.39, 0.29) is 5.69 Å². The summed E-state index contributed by atoms with van der Waals surface area (Å²) in [4.78, 5) is 12.9. The summed E-state index contributed by atoms with van der Waals surface area (Å²) < 4.78 is 13.6. The van der Waals surface area contributed by atoms with Gasteiger partial charge in [-0.3, -0.25) is 0 Å². The van der Waals surface area contributed by atoms with Crippen molar-refractivity contribution in [3.05, 3.63) is 53.8 Å². The highest BCUT2D eigenvalue weighted by Gasteiger charge is 2.07. The Balaban J connectivity index is 2.05. The standard InChI is InChI=1S/C15H15FN2OS/c1-10-6-7-14(13(16)8-10)18-15(19)17-11-4-3-5-12(9-11)20-2/h3-9H,1-2H3,(H2,17,18,19). The van der Waals surface area contributed by atoms with Crippen molar-refractivity contribution in [2.75, 3.05) is 16.9 Å². The number of urea groups is 1. The van der Waals surface area contributed by atoms with Crippen LogP contribution >= 0.6 is 11.8 Å². The predicted octanol–water partition coefficient (Wildman–Crippen LogP) is 4.50. The molecule has 2 N–H and O–H groups in total. The van der Waals surface area contributed by atoms with Gasteiger partial charge in [0.1, 0.15) is 5.82 Å². The van der Waals surface area contributed by atoms with Gasteiger partial charge in [0, 0.05) is 10.6 Å². The van der Waals surface area contributed by atoms with Gasteiger partial charge in [0.15, 0.2) is 0 Å². The fraction of sp³-hybridized carbons (Fsp3) is 0.133. The molecular formula is C15H15FN2OS. The number of anilines is 2. The van der Waals surface area contributed by atoms with Crippen LogP contribution in [0.4, 0.5) is 20.6 Å². The van der Waals surface area contributed by atoms with Gasteiger partial charge >= 0.3 is 6.03 Å². The molecule has 104 valence electrons. The number of amides is 2. The Kier molecular flexibility index (Phi) is 4.63. The minimum Gasteiger partial charge on any atom is -0.308 e. The van der Waals surface area contributed by atoms with E-state index in [0.29, 0.717) is 5.69 Å². The van der Waals surface area contributed by atoms with Crippen LogP contribution in [0.1, 0.15) is 5.56 Å². The Morgan fingerprint density at radius 3 is 2.65 bits per heavy atom. The Hall–Kier alpha value is -2.01. The molecule has 0 bridgehead atoms. The molecule has 0 aliphatic heterocycles. The first-order valence-electron chi connectivity index (χ1n) is 6.06. The van der Waals surface area contributed by atoms with Gasteiger partial charge in [-0.1, -0.05) is 12.1 Å². The van der Waals surface area contributed by atoms with Crippen molar-refractivity contribution in [2.45, 2.75) is 11.8 Å². The maximum absolute atomic E-state index is 13.6. The Morgan fingerprint density at radius 2 is 1.95 bits per heavy atom. The molecule has 2 rings (SSSR count). The molecule has 3 nitrogen and oxygen atoms in total. The van der Waals surface area contributed by atoms with Crippen LogP contribution in [-0.2, 0) is 0 Å². The predicted molar refractivity (Wildman–Crippen MR) is 82.0 cm³/mol. The number of thioether (sulfide) groups is 1. The maximum Gasteiger partial charge on any atom is 0.323 e. The summed E-state index contributed by atoms with van der Waals surface area (Å²) in [5.41, 5.74) is 1.64. The summed E-state index contributed by atoms with van der Waals surface area (Å²) in [6.45, 7) is 1.79. The third kappa shape index (κ3) is 3.74. The molecule has 2 aromatic carbocycles. The van der Waals surface area contributed by atoms with Crippen LogP contribution in [0.2, 0.25) is 0 Å². The van der Waals surface area contributed by atoms with Gasteiger partial charge in [0.05, 0.1) is 5.69 Å². The van der Waals surface area contributed by atoms with Crippen LogP contribution in [0.25, 0.3) is 0 Å². The molecule has 0 atom stereocenters. The summed E-state index contributed by atoms with van der Waals surface area (Å²) >= 11 is 1.59. The number of benzene rings is 2. The van der Waals surface area contributed by atoms with E-state index in [0.717, 1.165) is 10.5 Å². The largest absolute Gasteiger partial charge is 0.323 e. The molecule has 0 spiro atoms. The lowest BCUT2D eigenvalue weighted by atomic mass is 10.2. The van der Waals surface area contributed by atoms with E-state index in [9.17, 15) is 9.18 Å². The first kappa shape index (κ1) is 14.4. The third-order valence-electron chi connectivity index (χ3n) is 2.70. The highest BCUT2D eigenvalue weighted by Crippen LogP contribution is 2.20. The van der Waals surface area contributed by atoms with Crippen LogP contribution in [0.15, 0.2) is 47.4 Å². The minimum atomic E-state index is -0.467. The molecule has 0 aromatic heterocycles. The number of carbonyl (C=O) groups excluding carboxylic acids is 1. The molecule has 0 aliphatic carbocycles. The number of nitrogens with one attached hydrogen (secondary N) is 2. The zero-order valence-electron chi connectivity index (χ0n) is 11.2. The molecule has 0 saturated carbocycles. The maximum atomic E-state index is 13.6. The molecular weight excluding hydrogens is 275 g/mol. The zero-order chi connectivity index (χ0) is 14.5. The highest BCUT2D eigenvalue weighted by atomic mass is 32.2. The van der Waals surface area contributed by atoms with Crippen molar-refractivity contribution < 1.29 is 9.18 Å². The van der Waals surface area contributed by atoms with E-state index in [1.165, 1.54) is 6.07 Å². The zero-order valence-corrected chi connectivity index (χ0v) is 12.1. The Bertz CT molecular complexity index is 631. The molecule has 0 heterocycles. The van der Waals surface area contributed by atoms with Crippen LogP contribution < -0.4 is 10.6 Å². The lowest BCUT2D eigenvalue weighted by Crippen LogP contribution is -2.20. The fourth-order valence-electron chi connectivity index (χ4n) is 1.71. The van der Waals surface area contributed by atoms with E-state index in [1.807, 2.05) is 24.5 Å². The van der Waals surface area contributed by atoms with Crippen molar-refractivity contribution in [2.24, 2.45) is 0 Å². The molecule has 20 heavy (non-hydrogen) atoms. The van der Waals surface area contributed by atoms with Crippen LogP contribution in [0.3, 0.4) is 0 Å². The van der Waals surface area contributed by atoms with Crippen molar-refractivity contribution in [1.29, 1.82) is 0 Å². The summed E-state index contributed by atoms with van der Waals surface area (Å²) in [6.07, 6.45) is 1.96. The lowest BCUT2D eigenvalue weighted by Gasteiger charge is -2.09. The van der Waals surface area contributed by atoms with E-state index < -0.39 is 11.8 Å². The van der Waals surface area contributed by atoms with Crippen LogP contribution in [0.5, 0.6) is 0 Å². The normalized spacial score (nSPS) is 10.2. The van der Waals surface area contributed by atoms with Crippen molar-refractivity contribution in [3.8, 4) is 0 Å². The second-order valence-electron chi connectivity index (χ2n) is 4.29. The summed E-state index contributed by atoms with van der Waals surface area (Å²) in [7, 11) is 0. The molecule has 0 unspecified atom stereocenters. The molecule has 2 amide bonds. The Morgan fingerprint density at radius 1 is 1.15 bits per heavy atom. The average Bonchev–Trinajstić information content (AvgIpc) is 2.42. The highest BCUT2D eigenvalue weighted by molar-refractivity contribution is 7.98. The second kappa shape index (κ2) is 6.43. The molecule has 0 fully saturated rings. The number of aryl methyl sites for hydroxylation is 1. The summed E-state index contributed by atoms with van der Waals surface area (Å²) in [5.74, 6) is -0.446. The fourth-order valence-corrected chi connectivity index (χ4v) is 2.17. The quantitative estimate of drug-likeness (QED) is 0.817. The summed E-state index contributed by atoms with van der Waals surface area (Å²) in [5, 5.41) is 5.17. The lowest BCUT2D eigenvalue weighted by molar-refractivity contribution is 0.262. The topological polar surface area (TPSA) is 41.1 Å². The first-order chi connectivity index (χ1) is 9.58. The van der Waals surface area contributed by atoms with E-state index in [2.05, 4.69) is 10.6 Å². The van der Waals surface area contributed by atoms with Crippen LogP contribution in [0, 0.1) is 12.7 Å². The summed E-state index contributed by atoms with van der Waals surface area (Å²) in [6, 6.07) is 11.6. The molecule has 2 aromatic rings. The van der Waals surface area contributed by atoms with E-state index in [1.54, 1.807) is 36.9 Å². The number of rotatable bonds is 3. The van der Waals surface area contributed by atoms with Gasteiger partial charge in [0.2, 0.25) is 0 Å². The minimum absolute atomic E-state index is 0.161. The smallest absolute Gasteiger partial charge is 0.308 e. The van der Waals surface area contributed by atoms with Crippen molar-refractivity contribution in [3.63, 3.8) is 0 Å². The van der Waals surface area contributed by atoms with Crippen LogP contribution in [-0.4, -0.2) is 12.3 Å². The first-order valence-corrected chi connectivity index (χ1v) is 7.29. The third-order valence-corrected chi connectivity index (χ3v) is 3.43. The monoisotopic (exact) mass is 290 g/mol. The van der Waals surface area contributed by atoms with Crippen molar-refractivity contribution >= 4 is 29.2 Å². The number of halogens is 1. The Labute approximate surface area is 121 Å². The average molecular weight is 290 g/mol. The van der Waals surface area contributed by atoms with Gasteiger partial charge in [0.25, 0.3) is 0 Å². The number of carbonyl (C=O) groups is 1. The molecule has 5 heteroatoms. The molecule has 0 saturated heterocycles. The second-order valence-corrected chi connectivity index (χ2v) is 5.17. The van der Waals surface area contributed by atoms with Gasteiger partial charge in [-0.15, -0.1) is 11.8 Å². The number of hydrogen-bond acceptors (Lipinski definition) is 2. The van der Waals surface area contributed by atoms with E-state index in [4.69, 9.17) is 0 Å².